The molecular formula is C45H75N5O5. The number of nitrogens with one attached hydrogen (secondary N) is 1. The average Bonchev–Trinajstić information content (AvgIpc) is 3.85. The van der Waals surface area contributed by atoms with Crippen molar-refractivity contribution >= 4 is 23.7 Å². The molecule has 4 rings (SSSR count). The van der Waals surface area contributed by atoms with Gasteiger partial charge >= 0.3 is 5.97 Å². The zero-order valence-electron chi connectivity index (χ0n) is 35.7. The molecule has 3 heterocycles. The van der Waals surface area contributed by atoms with Gasteiger partial charge < -0.3 is 19.9 Å². The van der Waals surface area contributed by atoms with E-state index in [9.17, 15) is 19.2 Å². The van der Waals surface area contributed by atoms with Crippen LogP contribution < -0.4 is 5.32 Å². The summed E-state index contributed by atoms with van der Waals surface area (Å²) in [4.78, 5) is 64.1. The number of nitrogens with zero attached hydrogens (tertiary/aromatic N) is 4. The van der Waals surface area contributed by atoms with Crippen LogP contribution in [-0.4, -0.2) is 114 Å². The number of amides is 3. The lowest BCUT2D eigenvalue weighted by molar-refractivity contribution is -0.160. The molecule has 0 aromatic heterocycles. The van der Waals surface area contributed by atoms with E-state index in [0.29, 0.717) is 19.5 Å². The fourth-order valence-corrected chi connectivity index (χ4v) is 8.94. The molecule has 0 radical (unpaired) electrons. The molecule has 3 fully saturated rings. The van der Waals surface area contributed by atoms with Crippen LogP contribution in [0.15, 0.2) is 30.3 Å². The number of rotatable bonds is 19. The van der Waals surface area contributed by atoms with Crippen molar-refractivity contribution in [3.63, 3.8) is 0 Å². The molecular weight excluding hydrogens is 691 g/mol. The lowest BCUT2D eigenvalue weighted by atomic mass is 9.84. The SMILES string of the molecule is CCCCCCCCCC(OC(=O)C1CCCN1C(=O)C1CCCN1CC(C(C)C)N(C)C(=O)C(NC(=O)C1CCCCN1C)C(C)(C)C)c1ccccc1. The van der Waals surface area contributed by atoms with Crippen LogP contribution in [0.5, 0.6) is 0 Å². The monoisotopic (exact) mass is 766 g/mol. The number of hydrogen-bond donors (Lipinski definition) is 1. The number of esters is 1. The maximum atomic E-state index is 14.4. The van der Waals surface area contributed by atoms with Gasteiger partial charge in [-0.05, 0) is 88.4 Å². The highest BCUT2D eigenvalue weighted by Crippen LogP contribution is 2.31. The molecule has 1 N–H and O–H groups in total. The number of ether oxygens (including phenoxy) is 1. The third-order valence-corrected chi connectivity index (χ3v) is 12.5. The smallest absolute Gasteiger partial charge is 0.329 e. The molecule has 6 unspecified atom stereocenters. The summed E-state index contributed by atoms with van der Waals surface area (Å²) in [5, 5.41) is 3.16. The van der Waals surface area contributed by atoms with Crippen LogP contribution in [0.25, 0.3) is 0 Å². The Bertz CT molecular complexity index is 1360. The summed E-state index contributed by atoms with van der Waals surface area (Å²) in [5.41, 5.74) is 0.516. The minimum atomic E-state index is -0.681. The minimum absolute atomic E-state index is 0.00629. The highest BCUT2D eigenvalue weighted by molar-refractivity contribution is 5.91. The summed E-state index contributed by atoms with van der Waals surface area (Å²) in [7, 11) is 3.83. The van der Waals surface area contributed by atoms with Crippen molar-refractivity contribution in [1.29, 1.82) is 0 Å². The van der Waals surface area contributed by atoms with E-state index in [2.05, 4.69) is 35.9 Å². The number of likely N-dealkylation sites (tertiary alicyclic amines) is 3. The van der Waals surface area contributed by atoms with Crippen LogP contribution in [0, 0.1) is 11.3 Å². The molecule has 0 spiro atoms. The van der Waals surface area contributed by atoms with Crippen LogP contribution in [0.3, 0.4) is 0 Å². The predicted octanol–water partition coefficient (Wildman–Crippen LogP) is 7.37. The Labute approximate surface area is 333 Å². The number of unbranched alkanes of at least 4 members (excludes halogenated alkanes) is 6. The minimum Gasteiger partial charge on any atom is -0.456 e. The van der Waals surface area contributed by atoms with Crippen molar-refractivity contribution < 1.29 is 23.9 Å². The Morgan fingerprint density at radius 3 is 2.13 bits per heavy atom. The first-order valence-corrected chi connectivity index (χ1v) is 21.8. The van der Waals surface area contributed by atoms with Gasteiger partial charge in [-0.1, -0.05) is 117 Å². The molecule has 3 aliphatic rings. The first-order valence-electron chi connectivity index (χ1n) is 21.8. The molecule has 6 atom stereocenters. The second kappa shape index (κ2) is 21.5. The number of carbonyl (C=O) groups excluding carboxylic acids is 4. The van der Waals surface area contributed by atoms with E-state index in [0.717, 1.165) is 76.4 Å². The van der Waals surface area contributed by atoms with Crippen molar-refractivity contribution in [1.82, 2.24) is 24.9 Å². The lowest BCUT2D eigenvalue weighted by Gasteiger charge is -2.41. The lowest BCUT2D eigenvalue weighted by Crippen LogP contribution is -2.61. The summed E-state index contributed by atoms with van der Waals surface area (Å²) in [6, 6.07) is 8.02. The second-order valence-electron chi connectivity index (χ2n) is 18.1. The molecule has 10 nitrogen and oxygen atoms in total. The molecule has 0 saturated carbocycles. The third-order valence-electron chi connectivity index (χ3n) is 12.5. The van der Waals surface area contributed by atoms with Crippen LogP contribution in [0.2, 0.25) is 0 Å². The van der Waals surface area contributed by atoms with E-state index < -0.39 is 17.5 Å². The summed E-state index contributed by atoms with van der Waals surface area (Å²) in [6.07, 6.45) is 14.7. The Hall–Kier alpha value is -2.98. The molecule has 310 valence electrons. The van der Waals surface area contributed by atoms with E-state index in [1.807, 2.05) is 70.1 Å². The number of hydrogen-bond acceptors (Lipinski definition) is 7. The van der Waals surface area contributed by atoms with Crippen molar-refractivity contribution in [2.75, 3.05) is 40.3 Å². The first-order chi connectivity index (χ1) is 26.2. The zero-order valence-corrected chi connectivity index (χ0v) is 35.7. The van der Waals surface area contributed by atoms with Gasteiger partial charge in [0, 0.05) is 26.2 Å². The molecule has 3 aliphatic heterocycles. The molecule has 1 aromatic rings. The van der Waals surface area contributed by atoms with Crippen LogP contribution in [0.1, 0.15) is 150 Å². The highest BCUT2D eigenvalue weighted by Gasteiger charge is 2.44. The second-order valence-corrected chi connectivity index (χ2v) is 18.1. The number of benzene rings is 1. The van der Waals surface area contributed by atoms with E-state index in [-0.39, 0.29) is 53.8 Å². The van der Waals surface area contributed by atoms with Gasteiger partial charge in [-0.25, -0.2) is 4.79 Å². The van der Waals surface area contributed by atoms with E-state index >= 15 is 0 Å². The first kappa shape index (κ1) is 44.7. The topological polar surface area (TPSA) is 102 Å². The van der Waals surface area contributed by atoms with Gasteiger partial charge in [0.15, 0.2) is 0 Å². The maximum Gasteiger partial charge on any atom is 0.329 e. The number of carbonyl (C=O) groups is 4. The zero-order chi connectivity index (χ0) is 40.1. The van der Waals surface area contributed by atoms with Crippen molar-refractivity contribution in [3.8, 4) is 0 Å². The Kier molecular flexibility index (Phi) is 17.5. The van der Waals surface area contributed by atoms with Crippen molar-refractivity contribution in [3.05, 3.63) is 35.9 Å². The number of likely N-dealkylation sites (N-methyl/N-ethyl adjacent to an activating group) is 2. The van der Waals surface area contributed by atoms with E-state index in [1.165, 1.54) is 32.1 Å². The van der Waals surface area contributed by atoms with Gasteiger partial charge in [0.25, 0.3) is 0 Å². The van der Waals surface area contributed by atoms with Gasteiger partial charge in [0.05, 0.1) is 12.1 Å². The van der Waals surface area contributed by atoms with Gasteiger partial charge in [0.1, 0.15) is 18.2 Å². The summed E-state index contributed by atoms with van der Waals surface area (Å²) >= 11 is 0. The van der Waals surface area contributed by atoms with Crippen LogP contribution in [0.4, 0.5) is 0 Å². The van der Waals surface area contributed by atoms with E-state index in [1.54, 1.807) is 4.90 Å². The summed E-state index contributed by atoms with van der Waals surface area (Å²) in [5.74, 6) is -0.374. The standard InChI is InChI=1S/C45H75N5O5/c1-9-10-11-12-13-14-18-28-39(34-23-16-15-17-24-34)55-44(54)37-27-22-31-50(37)42(52)36-26-21-30-49(36)32-38(33(2)3)48(8)43(53)40(45(4,5)6)46-41(51)35-25-19-20-29-47(35)7/h15-17,23-24,33,35-40H,9-14,18-22,25-32H2,1-8H3,(H,46,51). The largest absolute Gasteiger partial charge is 0.456 e. The average molecular weight is 766 g/mol. The van der Waals surface area contributed by atoms with Crippen molar-refractivity contribution in [2.45, 2.75) is 174 Å². The predicted molar refractivity (Wildman–Crippen MR) is 220 cm³/mol. The maximum absolute atomic E-state index is 14.4. The molecule has 3 amide bonds. The summed E-state index contributed by atoms with van der Waals surface area (Å²) in [6.45, 7) is 15.2. The Balaban J connectivity index is 1.41. The third kappa shape index (κ3) is 12.5. The molecule has 0 bridgehead atoms. The van der Waals surface area contributed by atoms with Crippen molar-refractivity contribution in [2.24, 2.45) is 11.3 Å². The van der Waals surface area contributed by atoms with Crippen LogP contribution in [-0.2, 0) is 23.9 Å². The van der Waals surface area contributed by atoms with Gasteiger partial charge in [-0.15, -0.1) is 0 Å². The van der Waals surface area contributed by atoms with Crippen LogP contribution >= 0.6 is 0 Å². The number of piperidine rings is 1. The molecule has 1 aromatic carbocycles. The molecule has 3 saturated heterocycles. The Morgan fingerprint density at radius 2 is 1.47 bits per heavy atom. The fraction of sp³-hybridized carbons (Fsp3) is 0.778. The fourth-order valence-electron chi connectivity index (χ4n) is 8.94. The molecule has 0 aliphatic carbocycles. The molecule has 55 heavy (non-hydrogen) atoms. The van der Waals surface area contributed by atoms with Gasteiger partial charge in [-0.3, -0.25) is 24.2 Å². The summed E-state index contributed by atoms with van der Waals surface area (Å²) < 4.78 is 6.29. The normalized spacial score (nSPS) is 22.7. The molecule has 10 heteroatoms. The van der Waals surface area contributed by atoms with Gasteiger partial charge in [0.2, 0.25) is 17.7 Å². The quantitative estimate of drug-likeness (QED) is 0.116. The highest BCUT2D eigenvalue weighted by atomic mass is 16.5. The van der Waals surface area contributed by atoms with E-state index in [4.69, 9.17) is 4.74 Å². The van der Waals surface area contributed by atoms with Gasteiger partial charge in [-0.2, -0.15) is 0 Å². The Morgan fingerprint density at radius 1 is 0.836 bits per heavy atom.